The highest BCUT2D eigenvalue weighted by molar-refractivity contribution is 6.31. The van der Waals surface area contributed by atoms with Crippen LogP contribution >= 0.6 is 11.6 Å². The molecule has 1 aliphatic rings. The van der Waals surface area contributed by atoms with Gasteiger partial charge < -0.3 is 5.11 Å². The van der Waals surface area contributed by atoms with Crippen LogP contribution in [0, 0.1) is 18.8 Å². The summed E-state index contributed by atoms with van der Waals surface area (Å²) >= 11 is 6.14. The predicted octanol–water partition coefficient (Wildman–Crippen LogP) is 3.48. The van der Waals surface area contributed by atoms with Gasteiger partial charge in [0.25, 0.3) is 0 Å². The Morgan fingerprint density at radius 1 is 1.44 bits per heavy atom. The second kappa shape index (κ2) is 5.70. The molecule has 0 aliphatic heterocycles. The van der Waals surface area contributed by atoms with Crippen molar-refractivity contribution in [3.63, 3.8) is 0 Å². The molecule has 1 saturated carbocycles. The molecule has 0 spiro atoms. The molecule has 1 N–H and O–H groups in total. The first-order chi connectivity index (χ1) is 8.56. The van der Waals surface area contributed by atoms with E-state index in [9.17, 15) is 4.79 Å². The molecule has 2 rings (SSSR count). The molecule has 18 heavy (non-hydrogen) atoms. The number of pyridine rings is 1. The van der Waals surface area contributed by atoms with E-state index in [-0.39, 0.29) is 5.92 Å². The number of halogens is 1. The highest BCUT2D eigenvalue weighted by atomic mass is 35.5. The van der Waals surface area contributed by atoms with Crippen molar-refractivity contribution in [1.29, 1.82) is 0 Å². The zero-order valence-electron chi connectivity index (χ0n) is 10.5. The van der Waals surface area contributed by atoms with Crippen LogP contribution in [0.25, 0.3) is 0 Å². The van der Waals surface area contributed by atoms with Gasteiger partial charge in [-0.1, -0.05) is 11.6 Å². The van der Waals surface area contributed by atoms with E-state index in [2.05, 4.69) is 4.98 Å². The zero-order chi connectivity index (χ0) is 13.1. The third-order valence-corrected chi connectivity index (χ3v) is 4.12. The summed E-state index contributed by atoms with van der Waals surface area (Å²) in [6, 6.07) is 2.03. The summed E-state index contributed by atoms with van der Waals surface area (Å²) in [5, 5.41) is 9.69. The van der Waals surface area contributed by atoms with Crippen LogP contribution in [0.15, 0.2) is 12.3 Å². The molecule has 1 fully saturated rings. The molecule has 1 aromatic heterocycles. The van der Waals surface area contributed by atoms with Gasteiger partial charge in [-0.15, -0.1) is 0 Å². The second-order valence-electron chi connectivity index (χ2n) is 5.18. The average Bonchev–Trinajstić information content (AvgIpc) is 2.34. The lowest BCUT2D eigenvalue weighted by molar-refractivity contribution is -0.143. The quantitative estimate of drug-likeness (QED) is 0.912. The summed E-state index contributed by atoms with van der Waals surface area (Å²) in [6.07, 6.45) is 6.19. The van der Waals surface area contributed by atoms with Gasteiger partial charge in [0.2, 0.25) is 0 Å². The summed E-state index contributed by atoms with van der Waals surface area (Å²) in [6.45, 7) is 1.96. The summed E-state index contributed by atoms with van der Waals surface area (Å²) in [4.78, 5) is 15.0. The van der Waals surface area contributed by atoms with E-state index in [1.807, 2.05) is 13.0 Å². The SMILES string of the molecule is Cc1cc(CC2CCC(C(=O)O)CC2)c(Cl)cn1. The van der Waals surface area contributed by atoms with E-state index in [0.717, 1.165) is 48.4 Å². The molecule has 0 radical (unpaired) electrons. The summed E-state index contributed by atoms with van der Waals surface area (Å²) < 4.78 is 0. The van der Waals surface area contributed by atoms with Gasteiger partial charge in [0, 0.05) is 11.9 Å². The van der Waals surface area contributed by atoms with E-state index in [1.165, 1.54) is 0 Å². The zero-order valence-corrected chi connectivity index (χ0v) is 11.3. The molecule has 4 heteroatoms. The monoisotopic (exact) mass is 267 g/mol. The summed E-state index contributed by atoms with van der Waals surface area (Å²) in [5.74, 6) is -0.234. The molecule has 1 aromatic rings. The molecular formula is C14H18ClNO2. The van der Waals surface area contributed by atoms with Gasteiger partial charge in [0.1, 0.15) is 0 Å². The molecule has 0 atom stereocenters. The fourth-order valence-electron chi connectivity index (χ4n) is 2.68. The highest BCUT2D eigenvalue weighted by Crippen LogP contribution is 2.32. The Morgan fingerprint density at radius 2 is 2.11 bits per heavy atom. The smallest absolute Gasteiger partial charge is 0.306 e. The summed E-state index contributed by atoms with van der Waals surface area (Å²) in [5.41, 5.74) is 2.12. The number of aromatic nitrogens is 1. The maximum absolute atomic E-state index is 10.9. The van der Waals surface area contributed by atoms with Crippen LogP contribution in [0.5, 0.6) is 0 Å². The lowest BCUT2D eigenvalue weighted by Crippen LogP contribution is -2.22. The van der Waals surface area contributed by atoms with Gasteiger partial charge >= 0.3 is 5.97 Å². The Bertz CT molecular complexity index is 439. The van der Waals surface area contributed by atoms with Crippen molar-refractivity contribution in [2.45, 2.75) is 39.0 Å². The van der Waals surface area contributed by atoms with Crippen molar-refractivity contribution >= 4 is 17.6 Å². The first kappa shape index (κ1) is 13.3. The predicted molar refractivity (Wildman–Crippen MR) is 70.8 cm³/mol. The standard InChI is InChI=1S/C14H18ClNO2/c1-9-6-12(13(15)8-16-9)7-10-2-4-11(5-3-10)14(17)18/h6,8,10-11H,2-5,7H2,1H3,(H,17,18). The van der Waals surface area contributed by atoms with Crippen molar-refractivity contribution in [2.75, 3.05) is 0 Å². The number of carboxylic acid groups (broad SMARTS) is 1. The number of hydrogen-bond acceptors (Lipinski definition) is 2. The average molecular weight is 268 g/mol. The summed E-state index contributed by atoms with van der Waals surface area (Å²) in [7, 11) is 0. The fraction of sp³-hybridized carbons (Fsp3) is 0.571. The minimum Gasteiger partial charge on any atom is -0.481 e. The van der Waals surface area contributed by atoms with Crippen LogP contribution < -0.4 is 0 Å². The minimum atomic E-state index is -0.647. The topological polar surface area (TPSA) is 50.2 Å². The van der Waals surface area contributed by atoms with E-state index >= 15 is 0 Å². The second-order valence-corrected chi connectivity index (χ2v) is 5.58. The molecule has 0 aromatic carbocycles. The number of carbonyl (C=O) groups is 1. The van der Waals surface area contributed by atoms with Crippen molar-refractivity contribution in [3.05, 3.63) is 28.5 Å². The van der Waals surface area contributed by atoms with Crippen molar-refractivity contribution in [2.24, 2.45) is 11.8 Å². The van der Waals surface area contributed by atoms with E-state index < -0.39 is 5.97 Å². The number of hydrogen-bond donors (Lipinski definition) is 1. The highest BCUT2D eigenvalue weighted by Gasteiger charge is 2.26. The van der Waals surface area contributed by atoms with Gasteiger partial charge in [-0.25, -0.2) is 0 Å². The van der Waals surface area contributed by atoms with Crippen LogP contribution in [0.4, 0.5) is 0 Å². The van der Waals surface area contributed by atoms with Crippen LogP contribution in [0.1, 0.15) is 36.9 Å². The maximum atomic E-state index is 10.9. The Morgan fingerprint density at radius 3 is 2.72 bits per heavy atom. The molecule has 0 saturated heterocycles. The first-order valence-corrected chi connectivity index (χ1v) is 6.78. The number of aryl methyl sites for hydroxylation is 1. The Labute approximate surface area is 112 Å². The van der Waals surface area contributed by atoms with E-state index in [4.69, 9.17) is 16.7 Å². The molecule has 0 amide bonds. The number of aliphatic carboxylic acids is 1. The van der Waals surface area contributed by atoms with Gasteiger partial charge in [0.05, 0.1) is 10.9 Å². The van der Waals surface area contributed by atoms with Crippen molar-refractivity contribution < 1.29 is 9.90 Å². The molecule has 3 nitrogen and oxygen atoms in total. The first-order valence-electron chi connectivity index (χ1n) is 6.40. The maximum Gasteiger partial charge on any atom is 0.306 e. The van der Waals surface area contributed by atoms with Gasteiger partial charge in [-0.2, -0.15) is 0 Å². The van der Waals surface area contributed by atoms with Gasteiger partial charge in [0.15, 0.2) is 0 Å². The fourth-order valence-corrected chi connectivity index (χ4v) is 2.86. The lowest BCUT2D eigenvalue weighted by atomic mass is 9.79. The Kier molecular flexibility index (Phi) is 4.23. The van der Waals surface area contributed by atoms with Crippen molar-refractivity contribution in [1.82, 2.24) is 4.98 Å². The Hall–Kier alpha value is -1.09. The Balaban J connectivity index is 1.95. The van der Waals surface area contributed by atoms with Crippen molar-refractivity contribution in [3.8, 4) is 0 Å². The number of nitrogens with zero attached hydrogens (tertiary/aromatic N) is 1. The molecule has 0 bridgehead atoms. The van der Waals surface area contributed by atoms with Gasteiger partial charge in [-0.05, 0) is 56.6 Å². The van der Waals surface area contributed by atoms with E-state index in [1.54, 1.807) is 6.20 Å². The number of rotatable bonds is 3. The van der Waals surface area contributed by atoms with E-state index in [0.29, 0.717) is 5.92 Å². The molecule has 1 heterocycles. The normalized spacial score (nSPS) is 23.9. The third-order valence-electron chi connectivity index (χ3n) is 3.78. The van der Waals surface area contributed by atoms with Crippen LogP contribution in [0.3, 0.4) is 0 Å². The van der Waals surface area contributed by atoms with Crippen LogP contribution in [-0.2, 0) is 11.2 Å². The van der Waals surface area contributed by atoms with Crippen LogP contribution in [0.2, 0.25) is 5.02 Å². The third kappa shape index (κ3) is 3.22. The molecule has 98 valence electrons. The van der Waals surface area contributed by atoms with Crippen LogP contribution in [-0.4, -0.2) is 16.1 Å². The minimum absolute atomic E-state index is 0.143. The molecule has 0 unspecified atom stereocenters. The van der Waals surface area contributed by atoms with Gasteiger partial charge in [-0.3, -0.25) is 9.78 Å². The number of carboxylic acids is 1. The molecular weight excluding hydrogens is 250 g/mol. The lowest BCUT2D eigenvalue weighted by Gasteiger charge is -2.26. The molecule has 1 aliphatic carbocycles. The largest absolute Gasteiger partial charge is 0.481 e.